The van der Waals surface area contributed by atoms with Gasteiger partial charge in [0.05, 0.1) is 5.69 Å². The van der Waals surface area contributed by atoms with Crippen molar-refractivity contribution in [3.8, 4) is 0 Å². The lowest BCUT2D eigenvalue weighted by atomic mass is 10.1. The first kappa shape index (κ1) is 12.1. The summed E-state index contributed by atoms with van der Waals surface area (Å²) < 4.78 is 0. The molecule has 2 heterocycles. The van der Waals surface area contributed by atoms with Crippen LogP contribution in [0, 0.1) is 5.92 Å². The van der Waals surface area contributed by atoms with Crippen molar-refractivity contribution >= 4 is 0 Å². The predicted octanol–water partition coefficient (Wildman–Crippen LogP) is 2.59. The smallest absolute Gasteiger partial charge is 0.128 e. The van der Waals surface area contributed by atoms with Crippen molar-refractivity contribution in [2.75, 3.05) is 13.1 Å². The van der Waals surface area contributed by atoms with Gasteiger partial charge in [0.2, 0.25) is 0 Å². The van der Waals surface area contributed by atoms with E-state index in [1.165, 1.54) is 50.0 Å². The standard InChI is InChI=1S/C15H23N3/c1-2-3-7-18-8-6-13-10-16-15(9-12-4-5-12)17-14(13)11-18/h10,12H,2-9,11H2,1H3. The zero-order valence-corrected chi connectivity index (χ0v) is 11.4. The lowest BCUT2D eigenvalue weighted by molar-refractivity contribution is 0.245. The quantitative estimate of drug-likeness (QED) is 0.798. The highest BCUT2D eigenvalue weighted by Gasteiger charge is 2.24. The zero-order chi connectivity index (χ0) is 12.4. The van der Waals surface area contributed by atoms with Crippen LogP contribution < -0.4 is 0 Å². The fourth-order valence-corrected chi connectivity index (χ4v) is 2.65. The van der Waals surface area contributed by atoms with E-state index in [4.69, 9.17) is 4.98 Å². The van der Waals surface area contributed by atoms with Crippen molar-refractivity contribution in [1.82, 2.24) is 14.9 Å². The summed E-state index contributed by atoms with van der Waals surface area (Å²) in [5, 5.41) is 0. The molecule has 1 saturated carbocycles. The van der Waals surface area contributed by atoms with E-state index in [9.17, 15) is 0 Å². The van der Waals surface area contributed by atoms with Crippen LogP contribution in [0.25, 0.3) is 0 Å². The molecule has 3 nitrogen and oxygen atoms in total. The van der Waals surface area contributed by atoms with E-state index in [-0.39, 0.29) is 0 Å². The second kappa shape index (κ2) is 5.35. The molecule has 1 aliphatic heterocycles. The Kier molecular flexibility index (Phi) is 3.59. The Bertz CT molecular complexity index is 412. The van der Waals surface area contributed by atoms with Crippen molar-refractivity contribution in [1.29, 1.82) is 0 Å². The van der Waals surface area contributed by atoms with Crippen LogP contribution in [0.4, 0.5) is 0 Å². The lowest BCUT2D eigenvalue weighted by Gasteiger charge is -2.27. The van der Waals surface area contributed by atoms with Crippen molar-refractivity contribution < 1.29 is 0 Å². The number of rotatable bonds is 5. The number of aromatic nitrogens is 2. The average molecular weight is 245 g/mol. The molecule has 1 aliphatic carbocycles. The van der Waals surface area contributed by atoms with Crippen molar-refractivity contribution in [3.05, 3.63) is 23.3 Å². The van der Waals surface area contributed by atoms with E-state index in [2.05, 4.69) is 23.0 Å². The monoisotopic (exact) mass is 245 g/mol. The van der Waals surface area contributed by atoms with Crippen LogP contribution in [0.1, 0.15) is 49.7 Å². The molecule has 18 heavy (non-hydrogen) atoms. The first-order valence-corrected chi connectivity index (χ1v) is 7.41. The molecule has 1 aromatic heterocycles. The minimum Gasteiger partial charge on any atom is -0.297 e. The SMILES string of the molecule is CCCCN1CCc2cnc(CC3CC3)nc2C1. The van der Waals surface area contributed by atoms with Gasteiger partial charge in [-0.25, -0.2) is 9.97 Å². The molecule has 0 N–H and O–H groups in total. The first-order chi connectivity index (χ1) is 8.85. The molecule has 0 unspecified atom stereocenters. The van der Waals surface area contributed by atoms with Gasteiger partial charge < -0.3 is 0 Å². The molecule has 0 amide bonds. The maximum atomic E-state index is 4.80. The Morgan fingerprint density at radius 2 is 2.28 bits per heavy atom. The molecule has 3 heteroatoms. The number of unbranched alkanes of at least 4 members (excludes halogenated alkanes) is 1. The Balaban J connectivity index is 1.67. The van der Waals surface area contributed by atoms with Crippen molar-refractivity contribution in [3.63, 3.8) is 0 Å². The number of hydrogen-bond donors (Lipinski definition) is 0. The highest BCUT2D eigenvalue weighted by atomic mass is 15.1. The Hall–Kier alpha value is -0.960. The molecule has 98 valence electrons. The summed E-state index contributed by atoms with van der Waals surface area (Å²) in [6.07, 6.45) is 9.64. The molecule has 0 atom stereocenters. The van der Waals surface area contributed by atoms with Gasteiger partial charge in [-0.3, -0.25) is 4.90 Å². The summed E-state index contributed by atoms with van der Waals surface area (Å²) in [5.41, 5.74) is 2.67. The van der Waals surface area contributed by atoms with Gasteiger partial charge in [0, 0.05) is 25.7 Å². The third-order valence-corrected chi connectivity index (χ3v) is 4.07. The van der Waals surface area contributed by atoms with Crippen LogP contribution in [0.5, 0.6) is 0 Å². The Morgan fingerprint density at radius 3 is 3.06 bits per heavy atom. The van der Waals surface area contributed by atoms with E-state index >= 15 is 0 Å². The van der Waals surface area contributed by atoms with E-state index < -0.39 is 0 Å². The number of fused-ring (bicyclic) bond motifs is 1. The second-order valence-electron chi connectivity index (χ2n) is 5.79. The van der Waals surface area contributed by atoms with Gasteiger partial charge >= 0.3 is 0 Å². The van der Waals surface area contributed by atoms with Gasteiger partial charge in [0.1, 0.15) is 5.82 Å². The van der Waals surface area contributed by atoms with Gasteiger partial charge in [0.15, 0.2) is 0 Å². The van der Waals surface area contributed by atoms with E-state index in [0.717, 1.165) is 31.1 Å². The van der Waals surface area contributed by atoms with Crippen LogP contribution in [0.15, 0.2) is 6.20 Å². The second-order valence-corrected chi connectivity index (χ2v) is 5.79. The summed E-state index contributed by atoms with van der Waals surface area (Å²) in [6, 6.07) is 0. The van der Waals surface area contributed by atoms with Gasteiger partial charge in [-0.05, 0) is 43.7 Å². The third-order valence-electron chi connectivity index (χ3n) is 4.07. The van der Waals surface area contributed by atoms with E-state index in [1.54, 1.807) is 0 Å². The van der Waals surface area contributed by atoms with Crippen molar-refractivity contribution in [2.24, 2.45) is 5.92 Å². The summed E-state index contributed by atoms with van der Waals surface area (Å²) in [4.78, 5) is 11.9. The highest BCUT2D eigenvalue weighted by molar-refractivity contribution is 5.20. The maximum absolute atomic E-state index is 4.80. The van der Waals surface area contributed by atoms with Gasteiger partial charge in [-0.1, -0.05) is 13.3 Å². The number of hydrogen-bond acceptors (Lipinski definition) is 3. The summed E-state index contributed by atoms with van der Waals surface area (Å²) >= 11 is 0. The topological polar surface area (TPSA) is 29.0 Å². The highest BCUT2D eigenvalue weighted by Crippen LogP contribution is 2.31. The lowest BCUT2D eigenvalue weighted by Crippen LogP contribution is -2.32. The molecular weight excluding hydrogens is 222 g/mol. The van der Waals surface area contributed by atoms with Gasteiger partial charge in [-0.2, -0.15) is 0 Å². The molecule has 0 bridgehead atoms. The van der Waals surface area contributed by atoms with Crippen LogP contribution in [0.2, 0.25) is 0 Å². The van der Waals surface area contributed by atoms with Crippen LogP contribution in [-0.4, -0.2) is 28.0 Å². The molecule has 1 fully saturated rings. The molecule has 1 aromatic rings. The molecule has 2 aliphatic rings. The predicted molar refractivity (Wildman–Crippen MR) is 72.3 cm³/mol. The molecule has 0 aromatic carbocycles. The van der Waals surface area contributed by atoms with Crippen molar-refractivity contribution in [2.45, 2.75) is 52.0 Å². The van der Waals surface area contributed by atoms with Crippen LogP contribution in [0.3, 0.4) is 0 Å². The third kappa shape index (κ3) is 2.89. The Labute approximate surface area is 110 Å². The fraction of sp³-hybridized carbons (Fsp3) is 0.733. The fourth-order valence-electron chi connectivity index (χ4n) is 2.65. The van der Waals surface area contributed by atoms with Gasteiger partial charge in [-0.15, -0.1) is 0 Å². The molecule has 0 saturated heterocycles. The summed E-state index contributed by atoms with van der Waals surface area (Å²) in [5.74, 6) is 1.96. The van der Waals surface area contributed by atoms with Crippen LogP contribution in [-0.2, 0) is 19.4 Å². The molecular formula is C15H23N3. The molecule has 0 spiro atoms. The summed E-state index contributed by atoms with van der Waals surface area (Å²) in [7, 11) is 0. The minimum absolute atomic E-state index is 0.878. The maximum Gasteiger partial charge on any atom is 0.128 e. The first-order valence-electron chi connectivity index (χ1n) is 7.41. The number of nitrogens with zero attached hydrogens (tertiary/aromatic N) is 3. The molecule has 3 rings (SSSR count). The Morgan fingerprint density at radius 1 is 1.39 bits per heavy atom. The minimum atomic E-state index is 0.878. The van der Waals surface area contributed by atoms with Gasteiger partial charge in [0.25, 0.3) is 0 Å². The van der Waals surface area contributed by atoms with E-state index in [1.807, 2.05) is 0 Å². The zero-order valence-electron chi connectivity index (χ0n) is 11.4. The normalized spacial score (nSPS) is 19.8. The van der Waals surface area contributed by atoms with E-state index in [0.29, 0.717) is 0 Å². The van der Waals surface area contributed by atoms with Crippen LogP contribution >= 0.6 is 0 Å². The summed E-state index contributed by atoms with van der Waals surface area (Å²) in [6.45, 7) is 5.69. The largest absolute Gasteiger partial charge is 0.297 e. The molecule has 0 radical (unpaired) electrons. The average Bonchev–Trinajstić information content (AvgIpc) is 3.20.